The van der Waals surface area contributed by atoms with E-state index in [1.54, 1.807) is 18.5 Å². The topological polar surface area (TPSA) is 49.6 Å². The summed E-state index contributed by atoms with van der Waals surface area (Å²) in [7, 11) is 0. The monoisotopic (exact) mass is 295 g/mol. The third-order valence-corrected chi connectivity index (χ3v) is 3.00. The van der Waals surface area contributed by atoms with Crippen molar-refractivity contribution in [2.75, 3.05) is 5.88 Å². The molecule has 1 atom stereocenters. The highest BCUT2D eigenvalue weighted by atomic mass is 79.9. The van der Waals surface area contributed by atoms with Gasteiger partial charge >= 0.3 is 0 Å². The fourth-order valence-corrected chi connectivity index (χ4v) is 2.05. The van der Waals surface area contributed by atoms with Gasteiger partial charge in [-0.05, 0) is 33.6 Å². The average Bonchev–Trinajstić information content (AvgIpc) is 2.30. The summed E-state index contributed by atoms with van der Waals surface area (Å²) >= 11 is 9.09. The largest absolute Gasteiger partial charge is 0.255 e. The van der Waals surface area contributed by atoms with Gasteiger partial charge in [0.1, 0.15) is 0 Å². The molecule has 2 aromatic rings. The Morgan fingerprint density at radius 1 is 1.50 bits per heavy atom. The minimum absolute atomic E-state index is 0.257. The maximum absolute atomic E-state index is 9.00. The van der Waals surface area contributed by atoms with Crippen LogP contribution in [0.15, 0.2) is 29.0 Å². The molecule has 0 amide bonds. The predicted molar refractivity (Wildman–Crippen MR) is 66.3 cm³/mol. The molecule has 80 valence electrons. The molecular weight excluding hydrogens is 289 g/mol. The Morgan fingerprint density at radius 2 is 2.31 bits per heavy atom. The van der Waals surface area contributed by atoms with E-state index in [9.17, 15) is 0 Å². The van der Waals surface area contributed by atoms with Crippen molar-refractivity contribution in [3.8, 4) is 6.07 Å². The molecule has 0 spiro atoms. The summed E-state index contributed by atoms with van der Waals surface area (Å²) in [6.45, 7) is 0. The molecule has 0 fully saturated rings. The summed E-state index contributed by atoms with van der Waals surface area (Å²) in [5, 5.41) is 9.00. The van der Waals surface area contributed by atoms with Crippen molar-refractivity contribution >= 4 is 38.6 Å². The maximum atomic E-state index is 9.00. The fraction of sp³-hybridized carbons (Fsp3) is 0.182. The number of hydrogen-bond acceptors (Lipinski definition) is 3. The zero-order valence-electron chi connectivity index (χ0n) is 8.19. The molecule has 0 saturated heterocycles. The lowest BCUT2D eigenvalue weighted by atomic mass is 10.0. The Hall–Kier alpha value is -1.18. The van der Waals surface area contributed by atoms with Crippen molar-refractivity contribution < 1.29 is 0 Å². The first-order valence-corrected chi connectivity index (χ1v) is 5.94. The second kappa shape index (κ2) is 4.77. The molecule has 3 nitrogen and oxygen atoms in total. The van der Waals surface area contributed by atoms with E-state index in [1.807, 2.05) is 6.07 Å². The molecule has 0 aliphatic heterocycles. The molecule has 2 heterocycles. The van der Waals surface area contributed by atoms with Crippen LogP contribution in [0, 0.1) is 11.3 Å². The summed E-state index contributed by atoms with van der Waals surface area (Å²) in [5.74, 6) is -0.0891. The van der Waals surface area contributed by atoms with E-state index in [0.29, 0.717) is 0 Å². The van der Waals surface area contributed by atoms with Crippen LogP contribution >= 0.6 is 27.5 Å². The van der Waals surface area contributed by atoms with Crippen LogP contribution in [-0.2, 0) is 0 Å². The van der Waals surface area contributed by atoms with Crippen molar-refractivity contribution in [1.29, 1.82) is 5.26 Å². The number of nitrogens with zero attached hydrogens (tertiary/aromatic N) is 3. The van der Waals surface area contributed by atoms with Gasteiger partial charge in [0, 0.05) is 22.7 Å². The Labute approximate surface area is 106 Å². The van der Waals surface area contributed by atoms with Gasteiger partial charge in [-0.1, -0.05) is 0 Å². The Balaban J connectivity index is 2.67. The molecule has 2 aromatic heterocycles. The minimum Gasteiger partial charge on any atom is -0.255 e. The van der Waals surface area contributed by atoms with E-state index in [2.05, 4.69) is 32.0 Å². The Morgan fingerprint density at radius 3 is 3.00 bits per heavy atom. The van der Waals surface area contributed by atoms with Crippen LogP contribution in [0.25, 0.3) is 11.0 Å². The van der Waals surface area contributed by atoms with Crippen molar-refractivity contribution in [3.63, 3.8) is 0 Å². The average molecular weight is 297 g/mol. The van der Waals surface area contributed by atoms with Crippen molar-refractivity contribution in [1.82, 2.24) is 9.97 Å². The van der Waals surface area contributed by atoms with E-state index in [0.717, 1.165) is 21.1 Å². The fourth-order valence-electron chi connectivity index (χ4n) is 1.49. The number of hydrogen-bond donors (Lipinski definition) is 0. The second-order valence-corrected chi connectivity index (χ2v) is 4.48. The van der Waals surface area contributed by atoms with E-state index in [-0.39, 0.29) is 11.8 Å². The van der Waals surface area contributed by atoms with Crippen LogP contribution in [0.1, 0.15) is 11.5 Å². The van der Waals surface area contributed by atoms with Gasteiger partial charge in [0.15, 0.2) is 0 Å². The van der Waals surface area contributed by atoms with Crippen LogP contribution in [0.5, 0.6) is 0 Å². The van der Waals surface area contributed by atoms with Gasteiger partial charge in [-0.15, -0.1) is 11.6 Å². The van der Waals surface area contributed by atoms with Gasteiger partial charge in [0.25, 0.3) is 0 Å². The molecule has 0 aliphatic rings. The lowest BCUT2D eigenvalue weighted by molar-refractivity contribution is 0.992. The van der Waals surface area contributed by atoms with Gasteiger partial charge in [0.2, 0.25) is 0 Å². The molecule has 0 radical (unpaired) electrons. The van der Waals surface area contributed by atoms with Gasteiger partial charge in [-0.3, -0.25) is 9.97 Å². The number of aromatic nitrogens is 2. The third kappa shape index (κ3) is 2.01. The van der Waals surface area contributed by atoms with Crippen molar-refractivity contribution in [2.24, 2.45) is 0 Å². The molecule has 0 bridgehead atoms. The number of nitriles is 1. The number of fused-ring (bicyclic) bond motifs is 1. The maximum Gasteiger partial charge on any atom is 0.0933 e. The number of halogens is 2. The first-order valence-electron chi connectivity index (χ1n) is 4.62. The highest BCUT2D eigenvalue weighted by Gasteiger charge is 2.14. The van der Waals surface area contributed by atoms with Crippen LogP contribution < -0.4 is 0 Å². The smallest absolute Gasteiger partial charge is 0.0933 e. The molecule has 0 saturated carbocycles. The highest BCUT2D eigenvalue weighted by Crippen LogP contribution is 2.24. The number of pyridine rings is 2. The Kier molecular flexibility index (Phi) is 3.37. The van der Waals surface area contributed by atoms with Crippen LogP contribution in [0.4, 0.5) is 0 Å². The lowest BCUT2D eigenvalue weighted by Gasteiger charge is -2.08. The van der Waals surface area contributed by atoms with Gasteiger partial charge in [0.05, 0.1) is 23.0 Å². The summed E-state index contributed by atoms with van der Waals surface area (Å²) in [6.07, 6.45) is 3.36. The molecule has 1 unspecified atom stereocenters. The van der Waals surface area contributed by atoms with Crippen LogP contribution in [0.2, 0.25) is 0 Å². The van der Waals surface area contributed by atoms with Crippen molar-refractivity contribution in [2.45, 2.75) is 5.92 Å². The molecule has 0 N–H and O–H groups in total. The van der Waals surface area contributed by atoms with E-state index in [1.165, 1.54) is 0 Å². The summed E-state index contributed by atoms with van der Waals surface area (Å²) in [5.41, 5.74) is 2.32. The zero-order valence-corrected chi connectivity index (χ0v) is 10.5. The molecule has 16 heavy (non-hydrogen) atoms. The SMILES string of the molecule is N#CC(CCl)c1ccnc2cc(Br)cnc12. The van der Waals surface area contributed by atoms with Gasteiger partial charge < -0.3 is 0 Å². The third-order valence-electron chi connectivity index (χ3n) is 2.26. The quantitative estimate of drug-likeness (QED) is 0.799. The van der Waals surface area contributed by atoms with Crippen molar-refractivity contribution in [3.05, 3.63) is 34.6 Å². The summed E-state index contributed by atoms with van der Waals surface area (Å²) < 4.78 is 0.865. The number of alkyl halides is 1. The highest BCUT2D eigenvalue weighted by molar-refractivity contribution is 9.10. The lowest BCUT2D eigenvalue weighted by Crippen LogP contribution is -2.00. The molecule has 5 heteroatoms. The van der Waals surface area contributed by atoms with E-state index >= 15 is 0 Å². The first-order chi connectivity index (χ1) is 7.76. The van der Waals surface area contributed by atoms with E-state index < -0.39 is 0 Å². The predicted octanol–water partition coefficient (Wildman–Crippen LogP) is 3.24. The van der Waals surface area contributed by atoms with Gasteiger partial charge in [-0.25, -0.2) is 0 Å². The molecule has 0 aliphatic carbocycles. The summed E-state index contributed by atoms with van der Waals surface area (Å²) in [6, 6.07) is 5.82. The molecule has 0 aromatic carbocycles. The number of rotatable bonds is 2. The summed E-state index contributed by atoms with van der Waals surface area (Å²) in [4.78, 5) is 8.49. The van der Waals surface area contributed by atoms with Gasteiger partial charge in [-0.2, -0.15) is 5.26 Å². The molecule has 2 rings (SSSR count). The van der Waals surface area contributed by atoms with Crippen LogP contribution in [0.3, 0.4) is 0 Å². The minimum atomic E-state index is -0.346. The Bertz CT molecular complexity index is 565. The second-order valence-electron chi connectivity index (χ2n) is 3.26. The van der Waals surface area contributed by atoms with E-state index in [4.69, 9.17) is 16.9 Å². The van der Waals surface area contributed by atoms with Crippen LogP contribution in [-0.4, -0.2) is 15.8 Å². The standard InChI is InChI=1S/C11H7BrClN3/c12-8-3-10-11(16-6-8)9(1-2-15-10)7(4-13)5-14/h1-3,6-7H,4H2. The first kappa shape index (κ1) is 11.3. The zero-order chi connectivity index (χ0) is 11.5. The normalized spacial score (nSPS) is 12.3. The molecular formula is C11H7BrClN3.